The van der Waals surface area contributed by atoms with Gasteiger partial charge in [0, 0.05) is 10.2 Å². The standard InChI is InChI=1S/C12H14BrNO2/c1-7-2-5-9(13)10(6-7)14-11(12(15)16)8-3-4-8/h2,5-6,8,11,14H,3-4H2,1H3,(H,15,16). The van der Waals surface area contributed by atoms with Crippen LogP contribution in [0.3, 0.4) is 0 Å². The maximum absolute atomic E-state index is 11.1. The van der Waals surface area contributed by atoms with Gasteiger partial charge in [-0.25, -0.2) is 4.79 Å². The highest BCUT2D eigenvalue weighted by Gasteiger charge is 2.36. The summed E-state index contributed by atoms with van der Waals surface area (Å²) in [6.07, 6.45) is 2.01. The summed E-state index contributed by atoms with van der Waals surface area (Å²) in [4.78, 5) is 11.1. The monoisotopic (exact) mass is 283 g/mol. The third-order valence-electron chi connectivity index (χ3n) is 2.79. The summed E-state index contributed by atoms with van der Waals surface area (Å²) in [6.45, 7) is 1.99. The molecule has 16 heavy (non-hydrogen) atoms. The molecule has 3 nitrogen and oxygen atoms in total. The molecule has 0 bridgehead atoms. The number of carboxylic acid groups (broad SMARTS) is 1. The highest BCUT2D eigenvalue weighted by molar-refractivity contribution is 9.10. The van der Waals surface area contributed by atoms with Gasteiger partial charge in [0.2, 0.25) is 0 Å². The van der Waals surface area contributed by atoms with Gasteiger partial charge in [-0.1, -0.05) is 6.07 Å². The molecule has 0 saturated heterocycles. The molecule has 0 radical (unpaired) electrons. The second-order valence-corrected chi connectivity index (χ2v) is 5.14. The SMILES string of the molecule is Cc1ccc(Br)c(NC(C(=O)O)C2CC2)c1. The molecule has 4 heteroatoms. The molecule has 1 fully saturated rings. The van der Waals surface area contributed by atoms with E-state index in [1.165, 1.54) is 0 Å². The van der Waals surface area contributed by atoms with Crippen LogP contribution in [0.2, 0.25) is 0 Å². The van der Waals surface area contributed by atoms with Gasteiger partial charge < -0.3 is 10.4 Å². The topological polar surface area (TPSA) is 49.3 Å². The van der Waals surface area contributed by atoms with Gasteiger partial charge in [-0.3, -0.25) is 0 Å². The lowest BCUT2D eigenvalue weighted by molar-refractivity contribution is -0.138. The molecule has 1 atom stereocenters. The Balaban J connectivity index is 2.17. The average molecular weight is 284 g/mol. The van der Waals surface area contributed by atoms with Crippen LogP contribution in [0.25, 0.3) is 0 Å². The van der Waals surface area contributed by atoms with E-state index < -0.39 is 12.0 Å². The van der Waals surface area contributed by atoms with E-state index in [1.54, 1.807) is 0 Å². The first-order valence-corrected chi connectivity index (χ1v) is 6.12. The number of hydrogen-bond acceptors (Lipinski definition) is 2. The van der Waals surface area contributed by atoms with E-state index in [0.717, 1.165) is 28.6 Å². The van der Waals surface area contributed by atoms with Crippen molar-refractivity contribution in [2.24, 2.45) is 5.92 Å². The summed E-state index contributed by atoms with van der Waals surface area (Å²) in [5.74, 6) is -0.485. The van der Waals surface area contributed by atoms with E-state index in [-0.39, 0.29) is 5.92 Å². The first kappa shape index (κ1) is 11.5. The fraction of sp³-hybridized carbons (Fsp3) is 0.417. The molecule has 1 unspecified atom stereocenters. The van der Waals surface area contributed by atoms with Gasteiger partial charge in [0.05, 0.1) is 0 Å². The molecule has 0 amide bonds. The van der Waals surface area contributed by atoms with Crippen molar-refractivity contribution in [3.05, 3.63) is 28.2 Å². The Labute approximate surface area is 103 Å². The molecule has 0 aliphatic heterocycles. The van der Waals surface area contributed by atoms with E-state index in [4.69, 9.17) is 5.11 Å². The van der Waals surface area contributed by atoms with E-state index >= 15 is 0 Å². The normalized spacial score (nSPS) is 16.9. The summed E-state index contributed by atoms with van der Waals surface area (Å²) in [5, 5.41) is 12.2. The number of rotatable bonds is 4. The molecule has 1 aromatic rings. The second-order valence-electron chi connectivity index (χ2n) is 4.28. The predicted octanol–water partition coefficient (Wildman–Crippen LogP) is 3.03. The minimum absolute atomic E-state index is 0.282. The Morgan fingerprint density at radius 1 is 1.56 bits per heavy atom. The summed E-state index contributed by atoms with van der Waals surface area (Å²) in [5.41, 5.74) is 1.98. The summed E-state index contributed by atoms with van der Waals surface area (Å²) >= 11 is 3.42. The number of anilines is 1. The minimum Gasteiger partial charge on any atom is -0.480 e. The van der Waals surface area contributed by atoms with Gasteiger partial charge in [-0.15, -0.1) is 0 Å². The molecule has 0 aromatic heterocycles. The zero-order chi connectivity index (χ0) is 11.7. The summed E-state index contributed by atoms with van der Waals surface area (Å²) in [7, 11) is 0. The van der Waals surface area contributed by atoms with Gasteiger partial charge in [-0.05, 0) is 59.3 Å². The van der Waals surface area contributed by atoms with Crippen LogP contribution < -0.4 is 5.32 Å². The maximum atomic E-state index is 11.1. The van der Waals surface area contributed by atoms with Gasteiger partial charge in [0.15, 0.2) is 0 Å². The van der Waals surface area contributed by atoms with E-state index in [0.29, 0.717) is 0 Å². The molecular weight excluding hydrogens is 270 g/mol. The van der Waals surface area contributed by atoms with Crippen molar-refractivity contribution < 1.29 is 9.90 Å². The Hall–Kier alpha value is -1.03. The third-order valence-corrected chi connectivity index (χ3v) is 3.48. The lowest BCUT2D eigenvalue weighted by Crippen LogP contribution is -2.31. The van der Waals surface area contributed by atoms with Crippen LogP contribution in [-0.4, -0.2) is 17.1 Å². The zero-order valence-corrected chi connectivity index (χ0v) is 10.6. The largest absolute Gasteiger partial charge is 0.480 e. The predicted molar refractivity (Wildman–Crippen MR) is 66.6 cm³/mol. The molecule has 1 aliphatic carbocycles. The van der Waals surface area contributed by atoms with Crippen LogP contribution in [0.15, 0.2) is 22.7 Å². The van der Waals surface area contributed by atoms with Crippen LogP contribution in [0, 0.1) is 12.8 Å². The van der Waals surface area contributed by atoms with Crippen LogP contribution >= 0.6 is 15.9 Å². The summed E-state index contributed by atoms with van der Waals surface area (Å²) in [6, 6.07) is 5.42. The molecular formula is C12H14BrNO2. The lowest BCUT2D eigenvalue weighted by atomic mass is 10.1. The Morgan fingerprint density at radius 3 is 2.81 bits per heavy atom. The quantitative estimate of drug-likeness (QED) is 0.893. The second kappa shape index (κ2) is 4.45. The lowest BCUT2D eigenvalue weighted by Gasteiger charge is -2.16. The first-order chi connectivity index (χ1) is 7.58. The van der Waals surface area contributed by atoms with E-state index in [9.17, 15) is 4.79 Å². The smallest absolute Gasteiger partial charge is 0.326 e. The van der Waals surface area contributed by atoms with Crippen molar-refractivity contribution >= 4 is 27.6 Å². The molecule has 2 N–H and O–H groups in total. The van der Waals surface area contributed by atoms with Crippen LogP contribution in [0.4, 0.5) is 5.69 Å². The van der Waals surface area contributed by atoms with Gasteiger partial charge in [0.25, 0.3) is 0 Å². The average Bonchev–Trinajstić information content (AvgIpc) is 3.02. The number of carbonyl (C=O) groups is 1. The number of aryl methyl sites for hydroxylation is 1. The van der Waals surface area contributed by atoms with E-state index in [2.05, 4.69) is 21.2 Å². The molecule has 2 rings (SSSR count). The van der Waals surface area contributed by atoms with Crippen LogP contribution in [-0.2, 0) is 4.79 Å². The highest BCUT2D eigenvalue weighted by atomic mass is 79.9. The first-order valence-electron chi connectivity index (χ1n) is 5.33. The number of carboxylic acids is 1. The molecule has 86 valence electrons. The fourth-order valence-corrected chi connectivity index (χ4v) is 2.09. The maximum Gasteiger partial charge on any atom is 0.326 e. The van der Waals surface area contributed by atoms with Crippen LogP contribution in [0.5, 0.6) is 0 Å². The Kier molecular flexibility index (Phi) is 3.19. The number of nitrogens with one attached hydrogen (secondary N) is 1. The van der Waals surface area contributed by atoms with E-state index in [1.807, 2.05) is 25.1 Å². The number of halogens is 1. The van der Waals surface area contributed by atoms with Crippen molar-refractivity contribution in [2.75, 3.05) is 5.32 Å². The van der Waals surface area contributed by atoms with Gasteiger partial charge in [-0.2, -0.15) is 0 Å². The van der Waals surface area contributed by atoms with Crippen molar-refractivity contribution in [3.63, 3.8) is 0 Å². The van der Waals surface area contributed by atoms with Crippen LogP contribution in [0.1, 0.15) is 18.4 Å². The highest BCUT2D eigenvalue weighted by Crippen LogP contribution is 2.35. The minimum atomic E-state index is -0.768. The molecule has 1 aromatic carbocycles. The molecule has 1 saturated carbocycles. The molecule has 0 spiro atoms. The Morgan fingerprint density at radius 2 is 2.25 bits per heavy atom. The molecule has 0 heterocycles. The number of benzene rings is 1. The van der Waals surface area contributed by atoms with Gasteiger partial charge >= 0.3 is 5.97 Å². The third kappa shape index (κ3) is 2.55. The van der Waals surface area contributed by atoms with Crippen molar-refractivity contribution in [3.8, 4) is 0 Å². The zero-order valence-electron chi connectivity index (χ0n) is 9.03. The number of aliphatic carboxylic acids is 1. The van der Waals surface area contributed by atoms with Crippen molar-refractivity contribution in [2.45, 2.75) is 25.8 Å². The van der Waals surface area contributed by atoms with Crippen molar-refractivity contribution in [1.82, 2.24) is 0 Å². The van der Waals surface area contributed by atoms with Crippen molar-refractivity contribution in [1.29, 1.82) is 0 Å². The fourth-order valence-electron chi connectivity index (χ4n) is 1.73. The Bertz CT molecular complexity index is 415. The molecule has 1 aliphatic rings. The van der Waals surface area contributed by atoms with Gasteiger partial charge in [0.1, 0.15) is 6.04 Å². The summed E-state index contributed by atoms with van der Waals surface area (Å²) < 4.78 is 0.907. The number of hydrogen-bond donors (Lipinski definition) is 2.